The Morgan fingerprint density at radius 1 is 1.19 bits per heavy atom. The van der Waals surface area contributed by atoms with Gasteiger partial charge in [-0.15, -0.1) is 0 Å². The summed E-state index contributed by atoms with van der Waals surface area (Å²) in [5, 5.41) is 2.90. The molecule has 0 aliphatic carbocycles. The minimum absolute atomic E-state index is 0.0493. The van der Waals surface area contributed by atoms with Crippen LogP contribution in [0.1, 0.15) is 35.2 Å². The summed E-state index contributed by atoms with van der Waals surface area (Å²) < 4.78 is 11.0. The fraction of sp³-hybridized carbons (Fsp3) is 0.450. The lowest BCUT2D eigenvalue weighted by Crippen LogP contribution is -2.23. The topological polar surface area (TPSA) is 76.6 Å². The molecule has 0 saturated carbocycles. The molecule has 4 heterocycles. The summed E-state index contributed by atoms with van der Waals surface area (Å²) in [5.74, 6) is 1.36. The van der Waals surface area contributed by atoms with Crippen LogP contribution in [0, 0.1) is 0 Å². The molecule has 27 heavy (non-hydrogen) atoms. The van der Waals surface area contributed by atoms with Crippen molar-refractivity contribution in [1.29, 1.82) is 0 Å². The second kappa shape index (κ2) is 8.35. The van der Waals surface area contributed by atoms with Gasteiger partial charge in [-0.1, -0.05) is 6.07 Å². The zero-order valence-corrected chi connectivity index (χ0v) is 15.3. The van der Waals surface area contributed by atoms with E-state index in [-0.39, 0.29) is 12.0 Å². The molecule has 0 spiro atoms. The van der Waals surface area contributed by atoms with E-state index in [1.54, 1.807) is 12.1 Å². The van der Waals surface area contributed by atoms with E-state index in [4.69, 9.17) is 9.47 Å². The molecule has 1 N–H and O–H groups in total. The summed E-state index contributed by atoms with van der Waals surface area (Å²) in [4.78, 5) is 23.3. The molecule has 142 valence electrons. The minimum atomic E-state index is -0.165. The van der Waals surface area contributed by atoms with Crippen molar-refractivity contribution < 1.29 is 14.3 Å². The first-order valence-corrected chi connectivity index (χ1v) is 9.46. The highest BCUT2D eigenvalue weighted by Gasteiger charge is 2.18. The van der Waals surface area contributed by atoms with Crippen LogP contribution in [0.15, 0.2) is 36.7 Å². The molecule has 2 aromatic heterocycles. The fourth-order valence-corrected chi connectivity index (χ4v) is 3.30. The van der Waals surface area contributed by atoms with Crippen LogP contribution in [-0.2, 0) is 11.3 Å². The highest BCUT2D eigenvalue weighted by atomic mass is 16.5. The Kier molecular flexibility index (Phi) is 5.48. The Balaban J connectivity index is 1.28. The molecule has 2 saturated heterocycles. The van der Waals surface area contributed by atoms with E-state index in [0.29, 0.717) is 24.6 Å². The summed E-state index contributed by atoms with van der Waals surface area (Å²) in [7, 11) is 0. The maximum Gasteiger partial charge on any atom is 0.253 e. The molecule has 0 bridgehead atoms. The minimum Gasteiger partial charge on any atom is -0.472 e. The Morgan fingerprint density at radius 3 is 2.74 bits per heavy atom. The van der Waals surface area contributed by atoms with Crippen molar-refractivity contribution in [2.45, 2.75) is 31.9 Å². The normalized spacial score (nSPS) is 19.3. The first-order valence-electron chi connectivity index (χ1n) is 9.46. The van der Waals surface area contributed by atoms with Crippen molar-refractivity contribution in [1.82, 2.24) is 15.3 Å². The van der Waals surface area contributed by atoms with Gasteiger partial charge in [0.05, 0.1) is 18.8 Å². The molecule has 2 fully saturated rings. The van der Waals surface area contributed by atoms with Gasteiger partial charge in [-0.2, -0.15) is 0 Å². The maximum atomic E-state index is 12.3. The van der Waals surface area contributed by atoms with Gasteiger partial charge in [0.15, 0.2) is 0 Å². The smallest absolute Gasteiger partial charge is 0.253 e. The SMILES string of the molecule is O=C(NCc1ccc(N2CCCC2)nc1)c1ccc(OC2CCOC2)nc1. The molecular formula is C20H24N4O3. The maximum absolute atomic E-state index is 12.3. The van der Waals surface area contributed by atoms with E-state index in [1.165, 1.54) is 19.0 Å². The number of carbonyl (C=O) groups excluding carboxylic acids is 1. The lowest BCUT2D eigenvalue weighted by molar-refractivity contribution is 0.0950. The molecule has 4 rings (SSSR count). The van der Waals surface area contributed by atoms with Crippen molar-refractivity contribution in [3.8, 4) is 5.88 Å². The average Bonchev–Trinajstić information content (AvgIpc) is 3.41. The number of rotatable bonds is 6. The first kappa shape index (κ1) is 17.7. The standard InChI is InChI=1S/C20H24N4O3/c25-20(16-4-6-19(22-13-16)27-17-7-10-26-14-17)23-12-15-3-5-18(21-11-15)24-8-1-2-9-24/h3-6,11,13,17H,1-2,7-10,12,14H2,(H,23,25). The van der Waals surface area contributed by atoms with Gasteiger partial charge in [0.1, 0.15) is 11.9 Å². The molecule has 7 heteroatoms. The molecule has 7 nitrogen and oxygen atoms in total. The van der Waals surface area contributed by atoms with Crippen LogP contribution >= 0.6 is 0 Å². The van der Waals surface area contributed by atoms with E-state index in [0.717, 1.165) is 37.5 Å². The van der Waals surface area contributed by atoms with Crippen LogP contribution in [-0.4, -0.2) is 48.3 Å². The van der Waals surface area contributed by atoms with Gasteiger partial charge in [-0.25, -0.2) is 9.97 Å². The summed E-state index contributed by atoms with van der Waals surface area (Å²) in [6.45, 7) is 3.89. The van der Waals surface area contributed by atoms with Crippen molar-refractivity contribution in [2.24, 2.45) is 0 Å². The summed E-state index contributed by atoms with van der Waals surface area (Å²) in [6, 6.07) is 7.48. The number of nitrogens with one attached hydrogen (secondary N) is 1. The van der Waals surface area contributed by atoms with Crippen LogP contribution in [0.25, 0.3) is 0 Å². The zero-order chi connectivity index (χ0) is 18.5. The van der Waals surface area contributed by atoms with E-state index < -0.39 is 0 Å². The summed E-state index contributed by atoms with van der Waals surface area (Å²) in [6.07, 6.45) is 6.74. The average molecular weight is 368 g/mol. The van der Waals surface area contributed by atoms with Crippen molar-refractivity contribution in [3.05, 3.63) is 47.8 Å². The van der Waals surface area contributed by atoms with Crippen molar-refractivity contribution >= 4 is 11.7 Å². The number of amides is 1. The van der Waals surface area contributed by atoms with Crippen LogP contribution in [0.2, 0.25) is 0 Å². The van der Waals surface area contributed by atoms with Gasteiger partial charge in [-0.05, 0) is 30.5 Å². The highest BCUT2D eigenvalue weighted by Crippen LogP contribution is 2.18. The third kappa shape index (κ3) is 4.54. The zero-order valence-electron chi connectivity index (χ0n) is 15.3. The van der Waals surface area contributed by atoms with Gasteiger partial charge in [0, 0.05) is 44.5 Å². The summed E-state index contributed by atoms with van der Waals surface area (Å²) in [5.41, 5.74) is 1.48. The first-order chi connectivity index (χ1) is 13.3. The molecule has 1 unspecified atom stereocenters. The number of anilines is 1. The lowest BCUT2D eigenvalue weighted by atomic mass is 10.2. The highest BCUT2D eigenvalue weighted by molar-refractivity contribution is 5.93. The number of carbonyl (C=O) groups is 1. The van der Waals surface area contributed by atoms with Crippen LogP contribution in [0.5, 0.6) is 5.88 Å². The third-order valence-corrected chi connectivity index (χ3v) is 4.87. The van der Waals surface area contributed by atoms with Gasteiger partial charge >= 0.3 is 0 Å². The third-order valence-electron chi connectivity index (χ3n) is 4.87. The van der Waals surface area contributed by atoms with Crippen LogP contribution < -0.4 is 15.0 Å². The Morgan fingerprint density at radius 2 is 2.07 bits per heavy atom. The Bertz CT molecular complexity index is 752. The Hall–Kier alpha value is -2.67. The molecular weight excluding hydrogens is 344 g/mol. The number of hydrogen-bond acceptors (Lipinski definition) is 6. The fourth-order valence-electron chi connectivity index (χ4n) is 3.30. The number of aromatic nitrogens is 2. The van der Waals surface area contributed by atoms with Gasteiger partial charge in [0.25, 0.3) is 5.91 Å². The van der Waals surface area contributed by atoms with Crippen molar-refractivity contribution in [3.63, 3.8) is 0 Å². The second-order valence-corrected chi connectivity index (χ2v) is 6.89. The van der Waals surface area contributed by atoms with Gasteiger partial charge in [-0.3, -0.25) is 4.79 Å². The van der Waals surface area contributed by atoms with Crippen LogP contribution in [0.4, 0.5) is 5.82 Å². The molecule has 0 aromatic carbocycles. The van der Waals surface area contributed by atoms with Crippen molar-refractivity contribution in [2.75, 3.05) is 31.2 Å². The molecule has 2 aliphatic rings. The molecule has 1 atom stereocenters. The lowest BCUT2D eigenvalue weighted by Gasteiger charge is -2.16. The molecule has 2 aromatic rings. The number of pyridine rings is 2. The monoisotopic (exact) mass is 368 g/mol. The number of hydrogen-bond donors (Lipinski definition) is 1. The van der Waals surface area contributed by atoms with E-state index in [1.807, 2.05) is 18.3 Å². The Labute approximate surface area is 158 Å². The van der Waals surface area contributed by atoms with E-state index >= 15 is 0 Å². The predicted molar refractivity (Wildman–Crippen MR) is 101 cm³/mol. The molecule has 2 aliphatic heterocycles. The second-order valence-electron chi connectivity index (χ2n) is 6.89. The van der Waals surface area contributed by atoms with Gasteiger partial charge in [0.2, 0.25) is 5.88 Å². The van der Waals surface area contributed by atoms with Gasteiger partial charge < -0.3 is 19.7 Å². The quantitative estimate of drug-likeness (QED) is 0.842. The predicted octanol–water partition coefficient (Wildman–Crippen LogP) is 2.17. The van der Waals surface area contributed by atoms with E-state index in [9.17, 15) is 4.79 Å². The molecule has 0 radical (unpaired) electrons. The largest absolute Gasteiger partial charge is 0.472 e. The summed E-state index contributed by atoms with van der Waals surface area (Å²) >= 11 is 0. The number of nitrogens with zero attached hydrogens (tertiary/aromatic N) is 3. The van der Waals surface area contributed by atoms with E-state index in [2.05, 4.69) is 20.2 Å². The molecule has 1 amide bonds. The number of ether oxygens (including phenoxy) is 2. The van der Waals surface area contributed by atoms with Crippen LogP contribution in [0.3, 0.4) is 0 Å².